The van der Waals surface area contributed by atoms with Gasteiger partial charge >= 0.3 is 95.8 Å². The summed E-state index contributed by atoms with van der Waals surface area (Å²) in [4.78, 5) is 7.04. The highest BCUT2D eigenvalue weighted by Gasteiger charge is 2.95. The lowest BCUT2D eigenvalue weighted by atomic mass is 9.89. The number of aromatic nitrogens is 2. The predicted octanol–water partition coefficient (Wildman–Crippen LogP) is 12.6. The largest absolute Gasteiger partial charge is 0.384 e. The SMILES string of the molecule is FC(F)C(F)(F)C(F)(F)C(F)(F)C(F)(F)C(F)(F)C(F)(F)C(F)(F)COCc1ccnc(-c2cc(COCC(F)(F)C(F)(F)C(F)(F)C(F)(F)C(F)(F)C(F)(F)C(F)(F)C(F)F)ccn2)c1. The van der Waals surface area contributed by atoms with Crippen LogP contribution in [0.2, 0.25) is 0 Å². The first-order valence-corrected chi connectivity index (χ1v) is 15.9. The second kappa shape index (κ2) is 17.5. The van der Waals surface area contributed by atoms with Crippen molar-refractivity contribution in [3.05, 3.63) is 47.8 Å². The van der Waals surface area contributed by atoms with Gasteiger partial charge < -0.3 is 9.47 Å². The fourth-order valence-corrected chi connectivity index (χ4v) is 4.52. The molecule has 0 bridgehead atoms. The molecule has 2 rings (SSSR count). The number of ether oxygens (including phenoxy) is 2. The van der Waals surface area contributed by atoms with E-state index in [-0.39, 0.29) is 0 Å². The maximum atomic E-state index is 14.2. The van der Waals surface area contributed by atoms with Crippen LogP contribution in [0.3, 0.4) is 0 Å². The number of pyridine rings is 2. The standard InChI is InChI=1S/C30H16F32N2O2/c31-15(32)19(39,40)23(47,48)27(55,56)29(59,60)25(51,52)21(43,44)17(35,36)9-65-7-11-1-3-63-13(5-11)14-6-12(2-4-64-14)8-66-10-18(37,38)22(45,46)26(53,54)30(61,62)28(57,58)24(49,50)20(41,42)16(33)34/h1-6,15-16H,7-10H2. The van der Waals surface area contributed by atoms with Crippen LogP contribution in [-0.2, 0) is 22.7 Å². The topological polar surface area (TPSA) is 44.2 Å². The van der Waals surface area contributed by atoms with Crippen molar-refractivity contribution in [2.24, 2.45) is 0 Å². The molecule has 66 heavy (non-hydrogen) atoms. The molecule has 0 amide bonds. The minimum atomic E-state index is -8.69. The number of alkyl halides is 32. The zero-order chi connectivity index (χ0) is 52.4. The normalized spacial score (nSPS) is 15.6. The molecule has 0 aliphatic heterocycles. The predicted molar refractivity (Wildman–Crippen MR) is 148 cm³/mol. The van der Waals surface area contributed by atoms with E-state index in [1.165, 1.54) is 0 Å². The van der Waals surface area contributed by atoms with E-state index in [0.717, 1.165) is 0 Å². The third-order valence-corrected chi connectivity index (χ3v) is 8.47. The van der Waals surface area contributed by atoms with E-state index >= 15 is 0 Å². The Bertz CT molecular complexity index is 1840. The lowest BCUT2D eigenvalue weighted by Crippen LogP contribution is -2.74. The first-order chi connectivity index (χ1) is 29.0. The number of halogens is 32. The molecule has 0 N–H and O–H groups in total. The van der Waals surface area contributed by atoms with E-state index in [1.807, 2.05) is 0 Å². The van der Waals surface area contributed by atoms with Crippen molar-refractivity contribution in [2.75, 3.05) is 13.2 Å². The van der Waals surface area contributed by atoms with Crippen LogP contribution in [-0.4, -0.2) is 119 Å². The van der Waals surface area contributed by atoms with Crippen LogP contribution in [0.4, 0.5) is 140 Å². The van der Waals surface area contributed by atoms with E-state index in [0.29, 0.717) is 36.7 Å². The number of hydrogen-bond donors (Lipinski definition) is 0. The highest BCUT2D eigenvalue weighted by atomic mass is 19.4. The van der Waals surface area contributed by atoms with E-state index in [9.17, 15) is 140 Å². The Kier molecular flexibility index (Phi) is 15.4. The van der Waals surface area contributed by atoms with Gasteiger partial charge in [0.2, 0.25) is 0 Å². The van der Waals surface area contributed by atoms with E-state index in [1.54, 1.807) is 0 Å². The van der Waals surface area contributed by atoms with Gasteiger partial charge in [-0.1, -0.05) is 0 Å². The Labute approximate surface area is 342 Å². The molecule has 0 radical (unpaired) electrons. The molecule has 2 aromatic rings. The van der Waals surface area contributed by atoms with Gasteiger partial charge in [-0.15, -0.1) is 0 Å². The molecule has 4 nitrogen and oxygen atoms in total. The zero-order valence-electron chi connectivity index (χ0n) is 30.3. The average Bonchev–Trinajstić information content (AvgIpc) is 3.16. The Morgan fingerprint density at radius 1 is 0.348 bits per heavy atom. The van der Waals surface area contributed by atoms with Crippen molar-refractivity contribution in [3.8, 4) is 11.4 Å². The van der Waals surface area contributed by atoms with Crippen LogP contribution in [0.5, 0.6) is 0 Å². The number of nitrogens with zero attached hydrogens (tertiary/aromatic N) is 2. The molecule has 0 aliphatic carbocycles. The van der Waals surface area contributed by atoms with E-state index in [4.69, 9.17) is 0 Å². The van der Waals surface area contributed by atoms with Crippen LogP contribution in [0.25, 0.3) is 11.4 Å². The monoisotopic (exact) mass is 1040 g/mol. The smallest absolute Gasteiger partial charge is 0.370 e. The molecule has 2 aromatic heterocycles. The number of hydrogen-bond acceptors (Lipinski definition) is 4. The van der Waals surface area contributed by atoms with Crippen molar-refractivity contribution < 1.29 is 150 Å². The third-order valence-electron chi connectivity index (χ3n) is 8.47. The fraction of sp³-hybridized carbons (Fsp3) is 0.667. The number of rotatable bonds is 23. The van der Waals surface area contributed by atoms with Gasteiger partial charge in [0.1, 0.15) is 13.2 Å². The molecule has 382 valence electrons. The second-order valence-electron chi connectivity index (χ2n) is 13.1. The molecule has 2 heterocycles. The summed E-state index contributed by atoms with van der Waals surface area (Å²) in [6.45, 7) is -9.77. The lowest BCUT2D eigenvalue weighted by molar-refractivity contribution is -0.448. The summed E-state index contributed by atoms with van der Waals surface area (Å²) >= 11 is 0. The average molecular weight is 1040 g/mol. The summed E-state index contributed by atoms with van der Waals surface area (Å²) in [6, 6.07) is 2.35. The van der Waals surface area contributed by atoms with Crippen LogP contribution in [0, 0.1) is 0 Å². The second-order valence-corrected chi connectivity index (χ2v) is 13.1. The minimum absolute atomic E-state index is 0.547. The van der Waals surface area contributed by atoms with Crippen molar-refractivity contribution >= 4 is 0 Å². The van der Waals surface area contributed by atoms with Gasteiger partial charge in [-0.2, -0.15) is 123 Å². The van der Waals surface area contributed by atoms with Crippen LogP contribution < -0.4 is 0 Å². The molecular weight excluding hydrogens is 1030 g/mol. The fourth-order valence-electron chi connectivity index (χ4n) is 4.52. The summed E-state index contributed by atoms with van der Waals surface area (Å²) in [5.74, 6) is -113. The van der Waals surface area contributed by atoms with E-state index in [2.05, 4.69) is 19.4 Å². The van der Waals surface area contributed by atoms with Gasteiger partial charge in [-0.25, -0.2) is 17.6 Å². The van der Waals surface area contributed by atoms with Crippen LogP contribution in [0.15, 0.2) is 36.7 Å². The van der Waals surface area contributed by atoms with Crippen molar-refractivity contribution in [1.29, 1.82) is 0 Å². The molecular formula is C30H16F32N2O2. The Morgan fingerprint density at radius 2 is 0.576 bits per heavy atom. The van der Waals surface area contributed by atoms with Crippen molar-refractivity contribution in [3.63, 3.8) is 0 Å². The van der Waals surface area contributed by atoms with Crippen molar-refractivity contribution in [2.45, 2.75) is 109 Å². The molecule has 0 unspecified atom stereocenters. The maximum absolute atomic E-state index is 14.2. The first-order valence-electron chi connectivity index (χ1n) is 15.9. The minimum Gasteiger partial charge on any atom is -0.370 e. The molecule has 0 fully saturated rings. The van der Waals surface area contributed by atoms with Gasteiger partial charge in [-0.3, -0.25) is 9.97 Å². The zero-order valence-corrected chi connectivity index (χ0v) is 30.3. The molecule has 0 aromatic carbocycles. The summed E-state index contributed by atoms with van der Waals surface area (Å²) < 4.78 is 441. The maximum Gasteiger partial charge on any atom is 0.384 e. The van der Waals surface area contributed by atoms with E-state index < -0.39 is 145 Å². The first kappa shape index (κ1) is 58.1. The Balaban J connectivity index is 2.28. The highest BCUT2D eigenvalue weighted by Crippen LogP contribution is 2.64. The van der Waals surface area contributed by atoms with Crippen LogP contribution >= 0.6 is 0 Å². The molecule has 0 spiro atoms. The van der Waals surface area contributed by atoms with Crippen molar-refractivity contribution in [1.82, 2.24) is 9.97 Å². The van der Waals surface area contributed by atoms with Crippen LogP contribution in [0.1, 0.15) is 11.1 Å². The quantitative estimate of drug-likeness (QED) is 0.104. The molecule has 0 atom stereocenters. The van der Waals surface area contributed by atoms with Gasteiger partial charge in [0, 0.05) is 12.4 Å². The van der Waals surface area contributed by atoms with Gasteiger partial charge in [-0.05, 0) is 35.4 Å². The summed E-state index contributed by atoms with van der Waals surface area (Å²) in [6.07, 6.45) is -11.0. The van der Waals surface area contributed by atoms with Gasteiger partial charge in [0.15, 0.2) is 0 Å². The molecule has 0 saturated heterocycles. The lowest BCUT2D eigenvalue weighted by Gasteiger charge is -2.42. The third kappa shape index (κ3) is 8.80. The summed E-state index contributed by atoms with van der Waals surface area (Å²) in [7, 11) is 0. The Morgan fingerprint density at radius 3 is 0.818 bits per heavy atom. The van der Waals surface area contributed by atoms with Gasteiger partial charge in [0.05, 0.1) is 24.6 Å². The Hall–Kier alpha value is -4.02. The highest BCUT2D eigenvalue weighted by molar-refractivity contribution is 5.55. The molecule has 0 saturated carbocycles. The molecule has 0 aliphatic rings. The summed E-state index contributed by atoms with van der Waals surface area (Å²) in [5.41, 5.74) is -2.67. The summed E-state index contributed by atoms with van der Waals surface area (Å²) in [5, 5.41) is 0. The molecule has 36 heteroatoms. The van der Waals surface area contributed by atoms with Gasteiger partial charge in [0.25, 0.3) is 0 Å².